The Morgan fingerprint density at radius 2 is 2.06 bits per heavy atom. The number of hydrogen-bond acceptors (Lipinski definition) is 2. The maximum absolute atomic E-state index is 12.6. The van der Waals surface area contributed by atoms with Crippen LogP contribution in [-0.4, -0.2) is 12.5 Å². The first-order chi connectivity index (χ1) is 8.63. The predicted molar refractivity (Wildman–Crippen MR) is 70.9 cm³/mol. The number of nitrogens with zero attached hydrogens (tertiary/aromatic N) is 2. The van der Waals surface area contributed by atoms with Crippen molar-refractivity contribution in [2.45, 2.75) is 26.7 Å². The van der Waals surface area contributed by atoms with Crippen molar-refractivity contribution in [2.24, 2.45) is 11.3 Å². The third kappa shape index (κ3) is 1.99. The molecule has 2 rings (SSSR count). The number of benzene rings is 1. The van der Waals surface area contributed by atoms with Gasteiger partial charge < -0.3 is 4.90 Å². The first-order valence-corrected chi connectivity index (χ1v) is 6.41. The largest absolute Gasteiger partial charge is 0.311 e. The number of rotatable bonds is 3. The van der Waals surface area contributed by atoms with Crippen LogP contribution in [0.1, 0.15) is 26.7 Å². The van der Waals surface area contributed by atoms with Gasteiger partial charge in [-0.1, -0.05) is 25.1 Å². The lowest BCUT2D eigenvalue weighted by atomic mass is 9.62. The molecule has 1 aromatic carbocycles. The first kappa shape index (κ1) is 12.6. The molecule has 0 atom stereocenters. The summed E-state index contributed by atoms with van der Waals surface area (Å²) in [4.78, 5) is 14.3. The topological polar surface area (TPSA) is 44.1 Å². The Kier molecular flexibility index (Phi) is 3.38. The number of nitriles is 1. The van der Waals surface area contributed by atoms with Gasteiger partial charge in [0.15, 0.2) is 0 Å². The molecule has 18 heavy (non-hydrogen) atoms. The molecule has 0 heterocycles. The van der Waals surface area contributed by atoms with Gasteiger partial charge in [-0.05, 0) is 37.8 Å². The first-order valence-electron chi connectivity index (χ1n) is 6.41. The lowest BCUT2D eigenvalue weighted by molar-refractivity contribution is -0.131. The average Bonchev–Trinajstić information content (AvgIpc) is 2.36. The number of hydrogen-bond donors (Lipinski definition) is 0. The van der Waals surface area contributed by atoms with Crippen LogP contribution < -0.4 is 4.90 Å². The quantitative estimate of drug-likeness (QED) is 0.817. The molecule has 1 saturated carbocycles. The van der Waals surface area contributed by atoms with Crippen molar-refractivity contribution in [3.63, 3.8) is 0 Å². The Hall–Kier alpha value is -1.82. The minimum absolute atomic E-state index is 0.0446. The van der Waals surface area contributed by atoms with Gasteiger partial charge in [0.1, 0.15) is 5.41 Å². The normalized spacial score (nSPS) is 25.9. The van der Waals surface area contributed by atoms with Crippen LogP contribution in [0.15, 0.2) is 30.3 Å². The van der Waals surface area contributed by atoms with E-state index in [9.17, 15) is 10.1 Å². The third-order valence-corrected chi connectivity index (χ3v) is 3.65. The van der Waals surface area contributed by atoms with E-state index in [1.807, 2.05) is 37.3 Å². The van der Waals surface area contributed by atoms with E-state index >= 15 is 0 Å². The molecule has 1 fully saturated rings. The summed E-state index contributed by atoms with van der Waals surface area (Å²) in [6.45, 7) is 4.63. The molecule has 1 aromatic rings. The molecule has 0 N–H and O–H groups in total. The lowest BCUT2D eigenvalue weighted by Gasteiger charge is -2.42. The van der Waals surface area contributed by atoms with Crippen LogP contribution in [0, 0.1) is 22.7 Å². The van der Waals surface area contributed by atoms with Crippen molar-refractivity contribution < 1.29 is 4.79 Å². The minimum atomic E-state index is -0.786. The van der Waals surface area contributed by atoms with Gasteiger partial charge in [0.25, 0.3) is 0 Å². The molecular weight excluding hydrogens is 224 g/mol. The van der Waals surface area contributed by atoms with Gasteiger partial charge >= 0.3 is 0 Å². The Morgan fingerprint density at radius 3 is 2.50 bits per heavy atom. The van der Waals surface area contributed by atoms with E-state index in [1.165, 1.54) is 0 Å². The van der Waals surface area contributed by atoms with Crippen molar-refractivity contribution in [3.05, 3.63) is 30.3 Å². The molecule has 0 unspecified atom stereocenters. The van der Waals surface area contributed by atoms with E-state index in [-0.39, 0.29) is 5.91 Å². The summed E-state index contributed by atoms with van der Waals surface area (Å²) in [5.41, 5.74) is 0.0878. The van der Waals surface area contributed by atoms with E-state index in [4.69, 9.17) is 0 Å². The number of anilines is 1. The van der Waals surface area contributed by atoms with Crippen LogP contribution in [0.3, 0.4) is 0 Å². The highest BCUT2D eigenvalue weighted by Crippen LogP contribution is 2.46. The maximum Gasteiger partial charge on any atom is 0.247 e. The monoisotopic (exact) mass is 242 g/mol. The van der Waals surface area contributed by atoms with Gasteiger partial charge in [0.05, 0.1) is 6.07 Å². The van der Waals surface area contributed by atoms with Crippen molar-refractivity contribution in [3.8, 4) is 6.07 Å². The van der Waals surface area contributed by atoms with E-state index in [0.717, 1.165) is 5.69 Å². The van der Waals surface area contributed by atoms with Crippen molar-refractivity contribution >= 4 is 11.6 Å². The highest BCUT2D eigenvalue weighted by atomic mass is 16.2. The highest BCUT2D eigenvalue weighted by molar-refractivity contribution is 6.00. The van der Waals surface area contributed by atoms with Crippen LogP contribution in [0.25, 0.3) is 0 Å². The van der Waals surface area contributed by atoms with Gasteiger partial charge in [0.2, 0.25) is 5.91 Å². The molecule has 0 radical (unpaired) electrons. The SMILES string of the molecule is CCN(C(=O)C1(C#N)CC(C)C1)c1ccccc1. The molecule has 1 aliphatic carbocycles. The Labute approximate surface area is 108 Å². The second-order valence-electron chi connectivity index (χ2n) is 5.09. The molecule has 0 spiro atoms. The van der Waals surface area contributed by atoms with E-state index < -0.39 is 5.41 Å². The smallest absolute Gasteiger partial charge is 0.247 e. The Balaban J connectivity index is 2.24. The number of carbonyl (C=O) groups excluding carboxylic acids is 1. The third-order valence-electron chi connectivity index (χ3n) is 3.65. The molecule has 0 saturated heterocycles. The summed E-state index contributed by atoms with van der Waals surface area (Å²) in [5.74, 6) is 0.430. The molecule has 3 nitrogen and oxygen atoms in total. The molecule has 1 aliphatic rings. The van der Waals surface area contributed by atoms with E-state index in [1.54, 1.807) is 4.90 Å². The molecule has 0 bridgehead atoms. The van der Waals surface area contributed by atoms with Crippen molar-refractivity contribution in [1.29, 1.82) is 5.26 Å². The molecule has 0 aromatic heterocycles. The summed E-state index contributed by atoms with van der Waals surface area (Å²) in [5, 5.41) is 9.32. The summed E-state index contributed by atoms with van der Waals surface area (Å²) < 4.78 is 0. The lowest BCUT2D eigenvalue weighted by Crippen LogP contribution is -2.50. The zero-order valence-electron chi connectivity index (χ0n) is 10.9. The summed E-state index contributed by atoms with van der Waals surface area (Å²) >= 11 is 0. The highest BCUT2D eigenvalue weighted by Gasteiger charge is 2.50. The van der Waals surface area contributed by atoms with Crippen LogP contribution >= 0.6 is 0 Å². The zero-order chi connectivity index (χ0) is 13.2. The van der Waals surface area contributed by atoms with E-state index in [2.05, 4.69) is 13.0 Å². The Bertz CT molecular complexity index is 469. The van der Waals surface area contributed by atoms with E-state index in [0.29, 0.717) is 25.3 Å². The molecular formula is C15H18N2O. The predicted octanol–water partition coefficient (Wildman–Crippen LogP) is 2.98. The summed E-state index contributed by atoms with van der Waals surface area (Å²) in [7, 11) is 0. The fourth-order valence-electron chi connectivity index (χ4n) is 2.75. The van der Waals surface area contributed by atoms with Gasteiger partial charge in [-0.15, -0.1) is 0 Å². The molecule has 0 aliphatic heterocycles. The average molecular weight is 242 g/mol. The molecule has 94 valence electrons. The van der Waals surface area contributed by atoms with Gasteiger partial charge in [0, 0.05) is 12.2 Å². The van der Waals surface area contributed by atoms with Crippen LogP contribution in [0.5, 0.6) is 0 Å². The minimum Gasteiger partial charge on any atom is -0.311 e. The van der Waals surface area contributed by atoms with Crippen LogP contribution in [-0.2, 0) is 4.79 Å². The van der Waals surface area contributed by atoms with Gasteiger partial charge in [-0.25, -0.2) is 0 Å². The summed E-state index contributed by atoms with van der Waals surface area (Å²) in [6, 6.07) is 11.8. The fraction of sp³-hybridized carbons (Fsp3) is 0.467. The van der Waals surface area contributed by atoms with Gasteiger partial charge in [-0.2, -0.15) is 5.26 Å². The Morgan fingerprint density at radius 1 is 1.44 bits per heavy atom. The second-order valence-corrected chi connectivity index (χ2v) is 5.09. The van der Waals surface area contributed by atoms with Crippen LogP contribution in [0.2, 0.25) is 0 Å². The number of amides is 1. The van der Waals surface area contributed by atoms with Crippen molar-refractivity contribution in [2.75, 3.05) is 11.4 Å². The molecule has 3 heteroatoms. The maximum atomic E-state index is 12.6. The number of para-hydroxylation sites is 1. The van der Waals surface area contributed by atoms with Crippen molar-refractivity contribution in [1.82, 2.24) is 0 Å². The van der Waals surface area contributed by atoms with Gasteiger partial charge in [-0.3, -0.25) is 4.79 Å². The summed E-state index contributed by atoms with van der Waals surface area (Å²) in [6.07, 6.45) is 1.37. The standard InChI is InChI=1S/C15H18N2O/c1-3-17(13-7-5-4-6-8-13)14(18)15(11-16)9-12(2)10-15/h4-8,12H,3,9-10H2,1-2H3. The zero-order valence-corrected chi connectivity index (χ0v) is 10.9. The van der Waals surface area contributed by atoms with Crippen LogP contribution in [0.4, 0.5) is 5.69 Å². The fourth-order valence-corrected chi connectivity index (χ4v) is 2.75. The number of carbonyl (C=O) groups is 1. The molecule has 1 amide bonds. The second kappa shape index (κ2) is 4.81.